The van der Waals surface area contributed by atoms with Crippen LogP contribution >= 0.6 is 0 Å². The molecule has 1 saturated heterocycles. The van der Waals surface area contributed by atoms with Crippen molar-refractivity contribution in [2.75, 3.05) is 19.6 Å². The van der Waals surface area contributed by atoms with Gasteiger partial charge in [-0.15, -0.1) is 0 Å². The Balaban J connectivity index is 1.81. The molecule has 1 fully saturated rings. The van der Waals surface area contributed by atoms with Crippen LogP contribution in [0.5, 0.6) is 0 Å². The summed E-state index contributed by atoms with van der Waals surface area (Å²) in [6.07, 6.45) is 4.91. The average molecular weight is 280 g/mol. The number of hydrogen-bond acceptors (Lipinski definition) is 4. The Labute approximate surface area is 117 Å². The minimum atomic E-state index is -0.462. The Kier molecular flexibility index (Phi) is 4.54. The van der Waals surface area contributed by atoms with Gasteiger partial charge in [-0.05, 0) is 18.8 Å². The molecule has 8 heteroatoms. The highest BCUT2D eigenvalue weighted by atomic mass is 16.6. The summed E-state index contributed by atoms with van der Waals surface area (Å²) in [6, 6.07) is 0. The molecule has 0 atom stereocenters. The Morgan fingerprint density at radius 2 is 2.30 bits per heavy atom. The van der Waals surface area contributed by atoms with Gasteiger partial charge in [0.05, 0.1) is 18.0 Å². The van der Waals surface area contributed by atoms with Crippen LogP contribution in [0.15, 0.2) is 17.4 Å². The van der Waals surface area contributed by atoms with Gasteiger partial charge in [-0.2, -0.15) is 5.10 Å². The molecule has 1 aliphatic heterocycles. The third kappa shape index (κ3) is 3.69. The van der Waals surface area contributed by atoms with Crippen molar-refractivity contribution in [1.29, 1.82) is 0 Å². The van der Waals surface area contributed by atoms with E-state index in [4.69, 9.17) is 5.73 Å². The fraction of sp³-hybridized carbons (Fsp3) is 0.667. The Bertz CT molecular complexity index is 490. The van der Waals surface area contributed by atoms with Gasteiger partial charge in [-0.3, -0.25) is 19.8 Å². The van der Waals surface area contributed by atoms with E-state index in [-0.39, 0.29) is 5.69 Å². The molecule has 8 nitrogen and oxygen atoms in total. The minimum absolute atomic E-state index is 0.00744. The lowest BCUT2D eigenvalue weighted by atomic mass is 10.00. The molecule has 0 bridgehead atoms. The van der Waals surface area contributed by atoms with Gasteiger partial charge in [0, 0.05) is 13.1 Å². The van der Waals surface area contributed by atoms with Crippen LogP contribution < -0.4 is 5.73 Å². The molecule has 0 radical (unpaired) electrons. The number of likely N-dealkylation sites (tertiary alicyclic amines) is 1. The summed E-state index contributed by atoms with van der Waals surface area (Å²) in [5.74, 6) is 1.31. The molecular weight excluding hydrogens is 260 g/mol. The molecule has 1 aromatic heterocycles. The van der Waals surface area contributed by atoms with Crippen molar-refractivity contribution in [2.24, 2.45) is 16.6 Å². The van der Waals surface area contributed by atoms with Gasteiger partial charge >= 0.3 is 5.69 Å². The minimum Gasteiger partial charge on any atom is -0.370 e. The summed E-state index contributed by atoms with van der Waals surface area (Å²) in [5.41, 5.74) is 5.94. The highest BCUT2D eigenvalue weighted by Gasteiger charge is 2.16. The largest absolute Gasteiger partial charge is 0.370 e. The second kappa shape index (κ2) is 6.36. The van der Waals surface area contributed by atoms with E-state index in [0.717, 1.165) is 31.8 Å². The lowest BCUT2D eigenvalue weighted by Crippen LogP contribution is -2.42. The molecular formula is C12H20N6O2. The summed E-state index contributed by atoms with van der Waals surface area (Å²) in [7, 11) is 0. The molecule has 1 aromatic rings. The maximum atomic E-state index is 10.5. The third-order valence-electron chi connectivity index (χ3n) is 3.54. The van der Waals surface area contributed by atoms with Crippen LogP contribution in [0.25, 0.3) is 0 Å². The first-order valence-corrected chi connectivity index (χ1v) is 6.78. The van der Waals surface area contributed by atoms with Crippen LogP contribution in [0.4, 0.5) is 5.69 Å². The van der Waals surface area contributed by atoms with E-state index >= 15 is 0 Å². The van der Waals surface area contributed by atoms with Crippen molar-refractivity contribution >= 4 is 11.6 Å². The highest BCUT2D eigenvalue weighted by molar-refractivity contribution is 5.78. The van der Waals surface area contributed by atoms with Gasteiger partial charge < -0.3 is 10.6 Å². The fourth-order valence-electron chi connectivity index (χ4n) is 2.17. The maximum absolute atomic E-state index is 10.5. The Morgan fingerprint density at radius 1 is 1.60 bits per heavy atom. The zero-order chi connectivity index (χ0) is 14.5. The average Bonchev–Trinajstić information content (AvgIpc) is 2.88. The summed E-state index contributed by atoms with van der Waals surface area (Å²) in [4.78, 5) is 16.5. The first-order valence-electron chi connectivity index (χ1n) is 6.78. The number of aliphatic imine (C=N–C) groups is 1. The fourth-order valence-corrected chi connectivity index (χ4v) is 2.17. The number of nitrogens with two attached hydrogens (primary N) is 1. The van der Waals surface area contributed by atoms with E-state index in [2.05, 4.69) is 21.9 Å². The van der Waals surface area contributed by atoms with Crippen LogP contribution in [0.2, 0.25) is 0 Å². The smallest absolute Gasteiger partial charge is 0.306 e. The van der Waals surface area contributed by atoms with Gasteiger partial charge in [0.1, 0.15) is 12.4 Å². The van der Waals surface area contributed by atoms with E-state index in [9.17, 15) is 10.1 Å². The van der Waals surface area contributed by atoms with E-state index in [1.807, 2.05) is 0 Å². The second-order valence-electron chi connectivity index (χ2n) is 5.13. The quantitative estimate of drug-likeness (QED) is 0.381. The molecule has 1 aliphatic rings. The molecule has 0 unspecified atom stereocenters. The van der Waals surface area contributed by atoms with Crippen molar-refractivity contribution < 1.29 is 4.92 Å². The molecule has 2 heterocycles. The topological polar surface area (TPSA) is 103 Å². The van der Waals surface area contributed by atoms with E-state index in [0.29, 0.717) is 19.0 Å². The van der Waals surface area contributed by atoms with Crippen LogP contribution in [-0.2, 0) is 6.54 Å². The number of nitrogens with zero attached hydrogens (tertiary/aromatic N) is 5. The Hall–Kier alpha value is -2.12. The molecule has 0 aliphatic carbocycles. The van der Waals surface area contributed by atoms with Crippen molar-refractivity contribution in [3.63, 3.8) is 0 Å². The number of rotatable bonds is 4. The van der Waals surface area contributed by atoms with Crippen molar-refractivity contribution in [2.45, 2.75) is 26.3 Å². The van der Waals surface area contributed by atoms with Crippen LogP contribution in [0.1, 0.15) is 19.8 Å². The van der Waals surface area contributed by atoms with E-state index in [1.54, 1.807) is 0 Å². The van der Waals surface area contributed by atoms with Crippen LogP contribution in [0, 0.1) is 16.0 Å². The molecule has 2 rings (SSSR count). The summed E-state index contributed by atoms with van der Waals surface area (Å²) >= 11 is 0. The number of nitro groups is 1. The number of aromatic nitrogens is 2. The normalized spacial score (nSPS) is 17.4. The zero-order valence-corrected chi connectivity index (χ0v) is 11.6. The number of guanidine groups is 1. The van der Waals surface area contributed by atoms with Gasteiger partial charge in [-0.1, -0.05) is 6.92 Å². The molecule has 20 heavy (non-hydrogen) atoms. The van der Waals surface area contributed by atoms with Crippen LogP contribution in [-0.4, -0.2) is 45.2 Å². The van der Waals surface area contributed by atoms with E-state index in [1.165, 1.54) is 17.1 Å². The lowest BCUT2D eigenvalue weighted by molar-refractivity contribution is -0.385. The maximum Gasteiger partial charge on any atom is 0.306 e. The van der Waals surface area contributed by atoms with Gasteiger partial charge in [0.15, 0.2) is 5.96 Å². The third-order valence-corrected chi connectivity index (χ3v) is 3.54. The van der Waals surface area contributed by atoms with Crippen LogP contribution in [0.3, 0.4) is 0 Å². The van der Waals surface area contributed by atoms with E-state index < -0.39 is 4.92 Å². The molecule has 0 amide bonds. The van der Waals surface area contributed by atoms with Gasteiger partial charge in [0.2, 0.25) is 0 Å². The van der Waals surface area contributed by atoms with Crippen molar-refractivity contribution in [1.82, 2.24) is 14.7 Å². The highest BCUT2D eigenvalue weighted by Crippen LogP contribution is 2.15. The first kappa shape index (κ1) is 14.3. The SMILES string of the molecule is CC1CCN(C(N)=NCCn2cc([N+](=O)[O-])cn2)CC1. The molecule has 0 aromatic carbocycles. The van der Waals surface area contributed by atoms with Crippen molar-refractivity contribution in [3.8, 4) is 0 Å². The Morgan fingerprint density at radius 3 is 2.90 bits per heavy atom. The number of hydrogen-bond donors (Lipinski definition) is 1. The zero-order valence-electron chi connectivity index (χ0n) is 11.6. The standard InChI is InChI=1S/C12H20N6O2/c1-10-2-5-16(6-3-10)12(13)14-4-7-17-9-11(8-15-17)18(19)20/h8-10H,2-7H2,1H3,(H2,13,14). The molecule has 0 saturated carbocycles. The molecule has 0 spiro atoms. The monoisotopic (exact) mass is 280 g/mol. The number of piperidine rings is 1. The predicted octanol–water partition coefficient (Wildman–Crippen LogP) is 0.838. The van der Waals surface area contributed by atoms with Crippen molar-refractivity contribution in [3.05, 3.63) is 22.5 Å². The molecule has 2 N–H and O–H groups in total. The first-order chi connectivity index (χ1) is 9.56. The summed E-state index contributed by atoms with van der Waals surface area (Å²) < 4.78 is 1.51. The predicted molar refractivity (Wildman–Crippen MR) is 75.3 cm³/mol. The van der Waals surface area contributed by atoms with Gasteiger partial charge in [0.25, 0.3) is 0 Å². The summed E-state index contributed by atoms with van der Waals surface area (Å²) in [6.45, 7) is 5.10. The lowest BCUT2D eigenvalue weighted by Gasteiger charge is -2.31. The molecule has 110 valence electrons. The summed E-state index contributed by atoms with van der Waals surface area (Å²) in [5, 5.41) is 14.4. The second-order valence-corrected chi connectivity index (χ2v) is 5.13. The van der Waals surface area contributed by atoms with Gasteiger partial charge in [-0.25, -0.2) is 0 Å².